The van der Waals surface area contributed by atoms with Crippen LogP contribution < -0.4 is 0 Å². The Labute approximate surface area is 246 Å². The van der Waals surface area contributed by atoms with Gasteiger partial charge in [-0.3, -0.25) is 0 Å². The lowest BCUT2D eigenvalue weighted by Crippen LogP contribution is -2.67. The quantitative estimate of drug-likeness (QED) is 0.328. The highest BCUT2D eigenvalue weighted by Gasteiger charge is 2.68. The minimum atomic E-state index is 0.461. The van der Waals surface area contributed by atoms with E-state index >= 15 is 0 Å². The molecule has 13 atom stereocenters. The van der Waals surface area contributed by atoms with Crippen LogP contribution in [0.15, 0.2) is 0 Å². The molecule has 5 aliphatic carbocycles. The first kappa shape index (κ1) is 30.5. The SMILES string of the molecule is CC(C)C1C(C)CC2(C)CC3(C)CC4C(C5CCC(C(C)(C)C)CC5)CCC(C)C4C(C)C3C(C)C2(C)C1C. The maximum absolute atomic E-state index is 2.82. The van der Waals surface area contributed by atoms with Crippen LogP contribution in [0.4, 0.5) is 0 Å². The van der Waals surface area contributed by atoms with E-state index in [1.165, 1.54) is 51.4 Å². The molecule has 0 aromatic heterocycles. The third kappa shape index (κ3) is 4.55. The highest BCUT2D eigenvalue weighted by atomic mass is 14.7. The van der Waals surface area contributed by atoms with Gasteiger partial charge in [0.15, 0.2) is 0 Å². The van der Waals surface area contributed by atoms with E-state index in [9.17, 15) is 0 Å². The lowest BCUT2D eigenvalue weighted by Gasteiger charge is -2.73. The molecule has 0 amide bonds. The Hall–Kier alpha value is 0. The molecule has 0 N–H and O–H groups in total. The summed E-state index contributed by atoms with van der Waals surface area (Å²) in [6.45, 7) is 34.4. The third-order valence-corrected chi connectivity index (χ3v) is 16.2. The van der Waals surface area contributed by atoms with E-state index in [-0.39, 0.29) is 0 Å². The Morgan fingerprint density at radius 1 is 0.692 bits per heavy atom. The van der Waals surface area contributed by atoms with Crippen molar-refractivity contribution < 1.29 is 0 Å². The maximum atomic E-state index is 2.82. The second-order valence-corrected chi connectivity index (χ2v) is 19.3. The Bertz CT molecular complexity index is 869. The van der Waals surface area contributed by atoms with Gasteiger partial charge in [-0.1, -0.05) is 96.4 Å². The number of rotatable bonds is 2. The second-order valence-electron chi connectivity index (χ2n) is 19.3. The van der Waals surface area contributed by atoms with Crippen LogP contribution in [0.1, 0.15) is 148 Å². The van der Waals surface area contributed by atoms with Crippen molar-refractivity contribution in [3.8, 4) is 0 Å². The normalized spacial score (nSPS) is 56.5. The first-order valence-electron chi connectivity index (χ1n) is 18.0. The molecule has 5 saturated carbocycles. The average molecular weight is 539 g/mol. The van der Waals surface area contributed by atoms with Crippen molar-refractivity contribution in [1.82, 2.24) is 0 Å². The molecular formula is C39H70. The zero-order valence-electron chi connectivity index (χ0n) is 28.9. The van der Waals surface area contributed by atoms with Crippen molar-refractivity contribution in [3.05, 3.63) is 0 Å². The van der Waals surface area contributed by atoms with E-state index in [1.807, 2.05) is 0 Å². The lowest BCUT2D eigenvalue weighted by atomic mass is 9.31. The van der Waals surface area contributed by atoms with Crippen LogP contribution in [0.2, 0.25) is 0 Å². The van der Waals surface area contributed by atoms with Gasteiger partial charge in [0.2, 0.25) is 0 Å². The Kier molecular flexibility index (Phi) is 7.84. The van der Waals surface area contributed by atoms with E-state index in [4.69, 9.17) is 0 Å². The van der Waals surface area contributed by atoms with Gasteiger partial charge in [-0.2, -0.15) is 0 Å². The van der Waals surface area contributed by atoms with Crippen LogP contribution >= 0.6 is 0 Å². The van der Waals surface area contributed by atoms with Crippen LogP contribution in [0.25, 0.3) is 0 Å². The number of hydrogen-bond donors (Lipinski definition) is 0. The summed E-state index contributed by atoms with van der Waals surface area (Å²) in [5.41, 5.74) is 1.96. The summed E-state index contributed by atoms with van der Waals surface area (Å²) in [5, 5.41) is 0. The fraction of sp³-hybridized carbons (Fsp3) is 1.00. The molecule has 0 aromatic carbocycles. The highest BCUT2D eigenvalue weighted by molar-refractivity contribution is 5.17. The standard InChI is InChI=1S/C39H70/c1-23(2)33-25(4)20-38(12)22-37(11)21-32-31(29-15-17-30(18-16-29)36(8,9)10)19-14-24(3)34(32)26(5)35(37)28(7)39(38,13)27(33)6/h23-35H,14-22H2,1-13H3. The molecule has 0 aliphatic heterocycles. The second kappa shape index (κ2) is 10.0. The minimum absolute atomic E-state index is 0.461. The van der Waals surface area contributed by atoms with Gasteiger partial charge in [0, 0.05) is 0 Å². The summed E-state index contributed by atoms with van der Waals surface area (Å²) >= 11 is 0. The summed E-state index contributed by atoms with van der Waals surface area (Å²) in [4.78, 5) is 0. The highest BCUT2D eigenvalue weighted by Crippen LogP contribution is 2.75. The molecule has 5 aliphatic rings. The van der Waals surface area contributed by atoms with Crippen molar-refractivity contribution in [3.63, 3.8) is 0 Å². The Morgan fingerprint density at radius 2 is 1.31 bits per heavy atom. The van der Waals surface area contributed by atoms with Crippen LogP contribution in [0.5, 0.6) is 0 Å². The first-order chi connectivity index (χ1) is 18.0. The predicted molar refractivity (Wildman–Crippen MR) is 170 cm³/mol. The average Bonchev–Trinajstić information content (AvgIpc) is 2.80. The summed E-state index contributed by atoms with van der Waals surface area (Å²) < 4.78 is 0. The molecule has 5 rings (SSSR count). The first-order valence-corrected chi connectivity index (χ1v) is 18.0. The zero-order valence-corrected chi connectivity index (χ0v) is 28.9. The monoisotopic (exact) mass is 539 g/mol. The van der Waals surface area contributed by atoms with Crippen molar-refractivity contribution >= 4 is 0 Å². The summed E-state index contributed by atoms with van der Waals surface area (Å²) in [7, 11) is 0. The van der Waals surface area contributed by atoms with E-state index in [2.05, 4.69) is 90.0 Å². The smallest absolute Gasteiger partial charge is 0.0215 e. The molecule has 226 valence electrons. The molecule has 0 heterocycles. The van der Waals surface area contributed by atoms with Crippen molar-refractivity contribution in [2.45, 2.75) is 148 Å². The van der Waals surface area contributed by atoms with Gasteiger partial charge >= 0.3 is 0 Å². The van der Waals surface area contributed by atoms with Gasteiger partial charge in [-0.15, -0.1) is 0 Å². The van der Waals surface area contributed by atoms with Gasteiger partial charge in [0.1, 0.15) is 0 Å². The molecule has 39 heavy (non-hydrogen) atoms. The third-order valence-electron chi connectivity index (χ3n) is 16.2. The van der Waals surface area contributed by atoms with Gasteiger partial charge in [-0.25, -0.2) is 0 Å². The van der Waals surface area contributed by atoms with Crippen molar-refractivity contribution in [2.24, 2.45) is 98.6 Å². The van der Waals surface area contributed by atoms with E-state index in [0.717, 1.165) is 76.9 Å². The van der Waals surface area contributed by atoms with Gasteiger partial charge < -0.3 is 0 Å². The van der Waals surface area contributed by atoms with Crippen LogP contribution in [-0.2, 0) is 0 Å². The molecule has 0 nitrogen and oxygen atoms in total. The van der Waals surface area contributed by atoms with E-state index in [0.29, 0.717) is 21.7 Å². The summed E-state index contributed by atoms with van der Waals surface area (Å²) in [5.74, 6) is 11.8. The molecule has 5 fully saturated rings. The fourth-order valence-electron chi connectivity index (χ4n) is 14.8. The van der Waals surface area contributed by atoms with Crippen LogP contribution in [-0.4, -0.2) is 0 Å². The Morgan fingerprint density at radius 3 is 1.87 bits per heavy atom. The number of fused-ring (bicyclic) bond motifs is 3. The van der Waals surface area contributed by atoms with Crippen molar-refractivity contribution in [1.29, 1.82) is 0 Å². The van der Waals surface area contributed by atoms with Crippen molar-refractivity contribution in [2.75, 3.05) is 0 Å². The Balaban J connectivity index is 1.46. The lowest BCUT2D eigenvalue weighted by molar-refractivity contribution is -0.249. The predicted octanol–water partition coefficient (Wildman–Crippen LogP) is 11.8. The summed E-state index contributed by atoms with van der Waals surface area (Å²) in [6.07, 6.45) is 13.6. The van der Waals surface area contributed by atoms with Gasteiger partial charge in [0.25, 0.3) is 0 Å². The molecule has 0 radical (unpaired) electrons. The van der Waals surface area contributed by atoms with Crippen LogP contribution in [0, 0.1) is 98.6 Å². The van der Waals surface area contributed by atoms with Gasteiger partial charge in [0.05, 0.1) is 0 Å². The number of hydrogen-bond acceptors (Lipinski definition) is 0. The largest absolute Gasteiger partial charge is 0.0625 e. The molecule has 0 aromatic rings. The van der Waals surface area contributed by atoms with E-state index in [1.54, 1.807) is 6.42 Å². The van der Waals surface area contributed by atoms with E-state index < -0.39 is 0 Å². The topological polar surface area (TPSA) is 0 Å². The molecule has 0 bridgehead atoms. The molecular weight excluding hydrogens is 468 g/mol. The maximum Gasteiger partial charge on any atom is -0.0215 e. The zero-order chi connectivity index (χ0) is 28.9. The molecule has 0 heteroatoms. The molecule has 13 unspecified atom stereocenters. The fourth-order valence-corrected chi connectivity index (χ4v) is 14.8. The minimum Gasteiger partial charge on any atom is -0.0625 e. The molecule has 0 saturated heterocycles. The summed E-state index contributed by atoms with van der Waals surface area (Å²) in [6, 6.07) is 0. The molecule has 0 spiro atoms. The van der Waals surface area contributed by atoms with Crippen LogP contribution in [0.3, 0.4) is 0 Å². The van der Waals surface area contributed by atoms with Gasteiger partial charge in [-0.05, 0) is 150 Å².